The predicted molar refractivity (Wildman–Crippen MR) is 67.2 cm³/mol. The number of hydrogen-bond acceptors (Lipinski definition) is 5. The molecule has 0 aliphatic rings. The Morgan fingerprint density at radius 1 is 1.25 bits per heavy atom. The molecular formula is C12H8F3N3OS. The van der Waals surface area contributed by atoms with Gasteiger partial charge in [-0.05, 0) is 22.4 Å². The van der Waals surface area contributed by atoms with E-state index in [9.17, 15) is 13.2 Å². The number of thiophene rings is 1. The van der Waals surface area contributed by atoms with Gasteiger partial charge in [-0.2, -0.15) is 18.2 Å². The minimum Gasteiger partial charge on any atom is -0.329 e. The first-order valence-corrected chi connectivity index (χ1v) is 6.47. The molecule has 0 aliphatic heterocycles. The Morgan fingerprint density at radius 3 is 2.70 bits per heavy atom. The van der Waals surface area contributed by atoms with Crippen molar-refractivity contribution in [1.82, 2.24) is 10.1 Å². The molecule has 1 aromatic carbocycles. The zero-order chi connectivity index (χ0) is 14.3. The summed E-state index contributed by atoms with van der Waals surface area (Å²) in [5.41, 5.74) is 6.62. The van der Waals surface area contributed by atoms with E-state index in [2.05, 4.69) is 14.7 Å². The van der Waals surface area contributed by atoms with Gasteiger partial charge >= 0.3 is 12.1 Å². The maximum absolute atomic E-state index is 12.4. The van der Waals surface area contributed by atoms with Crippen molar-refractivity contribution in [2.45, 2.75) is 12.2 Å². The molecule has 0 radical (unpaired) electrons. The van der Waals surface area contributed by atoms with Gasteiger partial charge in [-0.1, -0.05) is 23.4 Å². The lowest BCUT2D eigenvalue weighted by molar-refractivity contribution is -0.159. The van der Waals surface area contributed by atoms with Gasteiger partial charge in [0, 0.05) is 4.70 Å². The second kappa shape index (κ2) is 4.57. The van der Waals surface area contributed by atoms with Gasteiger partial charge in [0.25, 0.3) is 0 Å². The van der Waals surface area contributed by atoms with Crippen molar-refractivity contribution < 1.29 is 17.7 Å². The van der Waals surface area contributed by atoms with Gasteiger partial charge in [0.2, 0.25) is 0 Å². The molecule has 4 nitrogen and oxygen atoms in total. The van der Waals surface area contributed by atoms with Crippen molar-refractivity contribution >= 4 is 21.4 Å². The van der Waals surface area contributed by atoms with Crippen LogP contribution in [0.5, 0.6) is 0 Å². The van der Waals surface area contributed by atoms with E-state index in [1.807, 2.05) is 24.3 Å². The summed E-state index contributed by atoms with van der Waals surface area (Å²) >= 11 is 1.46. The highest BCUT2D eigenvalue weighted by Crippen LogP contribution is 2.33. The van der Waals surface area contributed by atoms with E-state index in [0.29, 0.717) is 5.56 Å². The number of benzene rings is 1. The van der Waals surface area contributed by atoms with Crippen LogP contribution in [-0.2, 0) is 6.18 Å². The molecule has 20 heavy (non-hydrogen) atoms. The summed E-state index contributed by atoms with van der Waals surface area (Å²) < 4.78 is 42.5. The lowest BCUT2D eigenvalue weighted by Crippen LogP contribution is -2.14. The van der Waals surface area contributed by atoms with Gasteiger partial charge in [-0.15, -0.1) is 11.3 Å². The Kier molecular flexibility index (Phi) is 2.98. The molecule has 0 spiro atoms. The Hall–Kier alpha value is -1.93. The van der Waals surface area contributed by atoms with E-state index < -0.39 is 18.1 Å². The fourth-order valence-corrected chi connectivity index (χ4v) is 2.85. The van der Waals surface area contributed by atoms with Gasteiger partial charge < -0.3 is 10.3 Å². The number of hydrogen-bond donors (Lipinski definition) is 1. The number of alkyl halides is 3. The summed E-state index contributed by atoms with van der Waals surface area (Å²) in [5, 5.41) is 5.99. The van der Waals surface area contributed by atoms with Crippen molar-refractivity contribution in [3.05, 3.63) is 46.9 Å². The second-order valence-electron chi connectivity index (χ2n) is 4.12. The molecule has 104 valence electrons. The molecule has 1 unspecified atom stereocenters. The molecule has 0 fully saturated rings. The maximum Gasteiger partial charge on any atom is 0.471 e. The minimum absolute atomic E-state index is 0.180. The Labute approximate surface area is 115 Å². The van der Waals surface area contributed by atoms with Crippen LogP contribution in [0.3, 0.4) is 0 Å². The zero-order valence-corrected chi connectivity index (χ0v) is 10.7. The van der Waals surface area contributed by atoms with E-state index in [1.54, 1.807) is 5.38 Å². The average Bonchev–Trinajstić information content (AvgIpc) is 3.04. The molecule has 2 aromatic heterocycles. The lowest BCUT2D eigenvalue weighted by Gasteiger charge is -2.05. The molecule has 3 rings (SSSR count). The SMILES string of the molecule is NC(c1noc(C(F)(F)F)n1)c1csc2ccccc12. The van der Waals surface area contributed by atoms with E-state index in [0.717, 1.165) is 10.1 Å². The zero-order valence-electron chi connectivity index (χ0n) is 9.89. The van der Waals surface area contributed by atoms with Gasteiger partial charge in [-0.25, -0.2) is 0 Å². The first kappa shape index (κ1) is 13.1. The number of fused-ring (bicyclic) bond motifs is 1. The minimum atomic E-state index is -4.66. The van der Waals surface area contributed by atoms with Crippen molar-refractivity contribution in [3.8, 4) is 0 Å². The third kappa shape index (κ3) is 2.16. The molecule has 2 heterocycles. The van der Waals surface area contributed by atoms with Crippen molar-refractivity contribution in [1.29, 1.82) is 0 Å². The van der Waals surface area contributed by atoms with Crippen LogP contribution in [0.1, 0.15) is 23.3 Å². The fourth-order valence-electron chi connectivity index (χ4n) is 1.85. The van der Waals surface area contributed by atoms with E-state index >= 15 is 0 Å². The number of nitrogens with two attached hydrogens (primary N) is 1. The lowest BCUT2D eigenvalue weighted by atomic mass is 10.1. The summed E-state index contributed by atoms with van der Waals surface area (Å²) in [5.74, 6) is -1.57. The average molecular weight is 299 g/mol. The van der Waals surface area contributed by atoms with Gasteiger partial charge in [-0.3, -0.25) is 0 Å². The normalized spacial score (nSPS) is 13.8. The fraction of sp³-hybridized carbons (Fsp3) is 0.167. The second-order valence-corrected chi connectivity index (χ2v) is 5.03. The summed E-state index contributed by atoms with van der Waals surface area (Å²) in [6, 6.07) is 6.62. The summed E-state index contributed by atoms with van der Waals surface area (Å²) in [7, 11) is 0. The van der Waals surface area contributed by atoms with Crippen molar-refractivity contribution in [2.24, 2.45) is 5.73 Å². The third-order valence-corrected chi connectivity index (χ3v) is 3.79. The smallest absolute Gasteiger partial charge is 0.329 e. The monoisotopic (exact) mass is 299 g/mol. The molecule has 0 saturated heterocycles. The van der Waals surface area contributed by atoms with Crippen molar-refractivity contribution in [2.75, 3.05) is 0 Å². The molecule has 0 saturated carbocycles. The Balaban J connectivity index is 2.00. The first-order chi connectivity index (χ1) is 9.47. The quantitative estimate of drug-likeness (QED) is 0.788. The largest absolute Gasteiger partial charge is 0.471 e. The topological polar surface area (TPSA) is 64.9 Å². The van der Waals surface area contributed by atoms with Crippen LogP contribution in [0.15, 0.2) is 34.2 Å². The highest BCUT2D eigenvalue weighted by molar-refractivity contribution is 7.17. The Morgan fingerprint density at radius 2 is 2.00 bits per heavy atom. The van der Waals surface area contributed by atoms with Crippen LogP contribution in [0.2, 0.25) is 0 Å². The van der Waals surface area contributed by atoms with Crippen LogP contribution in [0.4, 0.5) is 13.2 Å². The van der Waals surface area contributed by atoms with Crippen LogP contribution in [0.25, 0.3) is 10.1 Å². The van der Waals surface area contributed by atoms with Gasteiger partial charge in [0.15, 0.2) is 5.82 Å². The van der Waals surface area contributed by atoms with Crippen LogP contribution in [0, 0.1) is 0 Å². The number of halogens is 3. The van der Waals surface area contributed by atoms with E-state index in [4.69, 9.17) is 5.73 Å². The number of aromatic nitrogens is 2. The van der Waals surface area contributed by atoms with E-state index in [-0.39, 0.29) is 5.82 Å². The predicted octanol–water partition coefficient (Wildman–Crippen LogP) is 3.35. The third-order valence-electron chi connectivity index (χ3n) is 2.81. The van der Waals surface area contributed by atoms with Crippen LogP contribution < -0.4 is 5.73 Å². The van der Waals surface area contributed by atoms with Crippen LogP contribution >= 0.6 is 11.3 Å². The standard InChI is InChI=1S/C12H8F3N3OS/c13-12(14,15)11-17-10(18-19-11)9(16)7-5-20-8-4-2-1-3-6(7)8/h1-5,9H,16H2. The molecular weight excluding hydrogens is 291 g/mol. The first-order valence-electron chi connectivity index (χ1n) is 5.59. The molecule has 3 aromatic rings. The molecule has 8 heteroatoms. The summed E-state index contributed by atoms with van der Waals surface area (Å²) in [6.07, 6.45) is -4.66. The number of rotatable bonds is 2. The molecule has 0 aliphatic carbocycles. The summed E-state index contributed by atoms with van der Waals surface area (Å²) in [4.78, 5) is 3.32. The van der Waals surface area contributed by atoms with Gasteiger partial charge in [0.1, 0.15) is 0 Å². The maximum atomic E-state index is 12.4. The molecule has 2 N–H and O–H groups in total. The van der Waals surface area contributed by atoms with Gasteiger partial charge in [0.05, 0.1) is 6.04 Å². The molecule has 1 atom stereocenters. The Bertz CT molecular complexity index is 750. The highest BCUT2D eigenvalue weighted by atomic mass is 32.1. The highest BCUT2D eigenvalue weighted by Gasteiger charge is 2.39. The summed E-state index contributed by atoms with van der Waals surface area (Å²) in [6.45, 7) is 0. The van der Waals surface area contributed by atoms with E-state index in [1.165, 1.54) is 11.3 Å². The van der Waals surface area contributed by atoms with Crippen LogP contribution in [-0.4, -0.2) is 10.1 Å². The molecule has 0 bridgehead atoms. The number of nitrogens with zero attached hydrogens (tertiary/aromatic N) is 2. The van der Waals surface area contributed by atoms with Crippen molar-refractivity contribution in [3.63, 3.8) is 0 Å². The molecule has 0 amide bonds.